The standard InChI is InChI=1S/C21H25NO2/c1-4-10-24-21-14-18-17(13-20(21)23-3)11-15(2)22-19(18)12-16-8-6-5-7-9-16/h5-9,13-15H,4,10-12H2,1-3H3. The van der Waals surface area contributed by atoms with Gasteiger partial charge in [0.05, 0.1) is 19.8 Å². The smallest absolute Gasteiger partial charge is 0.161 e. The van der Waals surface area contributed by atoms with Crippen molar-refractivity contribution in [3.8, 4) is 11.5 Å². The third-order valence-corrected chi connectivity index (χ3v) is 4.27. The van der Waals surface area contributed by atoms with Crippen LogP contribution in [0.4, 0.5) is 0 Å². The number of hydrogen-bond acceptors (Lipinski definition) is 3. The molecule has 0 saturated heterocycles. The third-order valence-electron chi connectivity index (χ3n) is 4.27. The van der Waals surface area contributed by atoms with E-state index in [0.717, 1.165) is 36.5 Å². The van der Waals surface area contributed by atoms with Gasteiger partial charge in [-0.3, -0.25) is 4.99 Å². The highest BCUT2D eigenvalue weighted by atomic mass is 16.5. The van der Waals surface area contributed by atoms with Crippen molar-refractivity contribution in [3.05, 3.63) is 59.2 Å². The Bertz CT molecular complexity index is 722. The highest BCUT2D eigenvalue weighted by Crippen LogP contribution is 2.34. The minimum absolute atomic E-state index is 0.295. The zero-order chi connectivity index (χ0) is 16.9. The number of hydrogen-bond donors (Lipinski definition) is 0. The molecule has 0 aromatic heterocycles. The molecule has 0 N–H and O–H groups in total. The van der Waals surface area contributed by atoms with Gasteiger partial charge in [-0.15, -0.1) is 0 Å². The molecule has 126 valence electrons. The van der Waals surface area contributed by atoms with Crippen LogP contribution in [0.5, 0.6) is 11.5 Å². The van der Waals surface area contributed by atoms with E-state index >= 15 is 0 Å². The fraction of sp³-hybridized carbons (Fsp3) is 0.381. The fourth-order valence-corrected chi connectivity index (χ4v) is 3.15. The zero-order valence-electron chi connectivity index (χ0n) is 14.7. The summed E-state index contributed by atoms with van der Waals surface area (Å²) in [6.07, 6.45) is 2.76. The average Bonchev–Trinajstić information content (AvgIpc) is 2.60. The number of fused-ring (bicyclic) bond motifs is 1. The predicted molar refractivity (Wildman–Crippen MR) is 98.6 cm³/mol. The largest absolute Gasteiger partial charge is 0.493 e. The SMILES string of the molecule is CCCOc1cc2c(cc1OC)CC(C)N=C2Cc1ccccc1. The Balaban J connectivity index is 1.97. The van der Waals surface area contributed by atoms with E-state index in [1.54, 1.807) is 7.11 Å². The van der Waals surface area contributed by atoms with Gasteiger partial charge in [-0.25, -0.2) is 0 Å². The van der Waals surface area contributed by atoms with Gasteiger partial charge < -0.3 is 9.47 Å². The molecule has 0 amide bonds. The van der Waals surface area contributed by atoms with Crippen molar-refractivity contribution in [1.29, 1.82) is 0 Å². The molecule has 1 atom stereocenters. The van der Waals surface area contributed by atoms with E-state index in [9.17, 15) is 0 Å². The van der Waals surface area contributed by atoms with Crippen LogP contribution in [0.2, 0.25) is 0 Å². The third kappa shape index (κ3) is 3.61. The minimum atomic E-state index is 0.295. The van der Waals surface area contributed by atoms with Gasteiger partial charge in [0.1, 0.15) is 0 Å². The van der Waals surface area contributed by atoms with E-state index in [0.29, 0.717) is 12.6 Å². The molecular weight excluding hydrogens is 298 g/mol. The van der Waals surface area contributed by atoms with E-state index in [1.165, 1.54) is 16.7 Å². The second-order valence-corrected chi connectivity index (χ2v) is 6.30. The lowest BCUT2D eigenvalue weighted by Crippen LogP contribution is -2.21. The second-order valence-electron chi connectivity index (χ2n) is 6.30. The minimum Gasteiger partial charge on any atom is -0.493 e. The number of rotatable bonds is 6. The Hall–Kier alpha value is -2.29. The summed E-state index contributed by atoms with van der Waals surface area (Å²) in [5.74, 6) is 1.63. The Morgan fingerprint density at radius 3 is 2.62 bits per heavy atom. The molecule has 0 aliphatic carbocycles. The molecule has 3 rings (SSSR count). The summed E-state index contributed by atoms with van der Waals surface area (Å²) in [7, 11) is 1.70. The van der Waals surface area contributed by atoms with E-state index in [2.05, 4.69) is 50.2 Å². The number of nitrogens with zero attached hydrogens (tertiary/aromatic N) is 1. The van der Waals surface area contributed by atoms with Gasteiger partial charge in [-0.2, -0.15) is 0 Å². The van der Waals surface area contributed by atoms with Gasteiger partial charge in [-0.05, 0) is 43.0 Å². The van der Waals surface area contributed by atoms with Crippen LogP contribution >= 0.6 is 0 Å². The summed E-state index contributed by atoms with van der Waals surface area (Å²) >= 11 is 0. The van der Waals surface area contributed by atoms with Crippen LogP contribution in [0, 0.1) is 0 Å². The fourth-order valence-electron chi connectivity index (χ4n) is 3.15. The first kappa shape index (κ1) is 16.6. The maximum atomic E-state index is 5.89. The molecule has 3 nitrogen and oxygen atoms in total. The van der Waals surface area contributed by atoms with Crippen molar-refractivity contribution in [2.45, 2.75) is 39.2 Å². The van der Waals surface area contributed by atoms with Crippen LogP contribution in [-0.4, -0.2) is 25.5 Å². The van der Waals surface area contributed by atoms with Gasteiger partial charge in [0.15, 0.2) is 11.5 Å². The molecule has 0 radical (unpaired) electrons. The average molecular weight is 323 g/mol. The lowest BCUT2D eigenvalue weighted by molar-refractivity contribution is 0.294. The lowest BCUT2D eigenvalue weighted by Gasteiger charge is -2.23. The quantitative estimate of drug-likeness (QED) is 0.786. The molecule has 2 aromatic carbocycles. The zero-order valence-corrected chi connectivity index (χ0v) is 14.7. The summed E-state index contributed by atoms with van der Waals surface area (Å²) < 4.78 is 11.4. The van der Waals surface area contributed by atoms with Crippen LogP contribution in [0.25, 0.3) is 0 Å². The van der Waals surface area contributed by atoms with Gasteiger partial charge in [-0.1, -0.05) is 37.3 Å². The van der Waals surface area contributed by atoms with Crippen LogP contribution < -0.4 is 9.47 Å². The van der Waals surface area contributed by atoms with Crippen molar-refractivity contribution in [2.75, 3.05) is 13.7 Å². The number of methoxy groups -OCH3 is 1. The summed E-state index contributed by atoms with van der Waals surface area (Å²) in [5.41, 5.74) is 4.91. The van der Waals surface area contributed by atoms with Crippen LogP contribution in [0.1, 0.15) is 37.0 Å². The molecule has 24 heavy (non-hydrogen) atoms. The number of ether oxygens (including phenoxy) is 2. The van der Waals surface area contributed by atoms with Gasteiger partial charge in [0, 0.05) is 17.7 Å². The highest BCUT2D eigenvalue weighted by Gasteiger charge is 2.22. The topological polar surface area (TPSA) is 30.8 Å². The van der Waals surface area contributed by atoms with E-state index < -0.39 is 0 Å². The Morgan fingerprint density at radius 2 is 1.92 bits per heavy atom. The second kappa shape index (κ2) is 7.52. The molecule has 0 bridgehead atoms. The van der Waals surface area contributed by atoms with E-state index in [4.69, 9.17) is 14.5 Å². The van der Waals surface area contributed by atoms with Crippen LogP contribution in [0.3, 0.4) is 0 Å². The summed E-state index contributed by atoms with van der Waals surface area (Å²) in [6.45, 7) is 4.97. The first-order valence-corrected chi connectivity index (χ1v) is 8.66. The van der Waals surface area contributed by atoms with Crippen molar-refractivity contribution in [1.82, 2.24) is 0 Å². The molecule has 1 aliphatic rings. The highest BCUT2D eigenvalue weighted by molar-refractivity contribution is 6.04. The van der Waals surface area contributed by atoms with Gasteiger partial charge >= 0.3 is 0 Å². The molecule has 0 spiro atoms. The lowest BCUT2D eigenvalue weighted by atomic mass is 9.90. The van der Waals surface area contributed by atoms with E-state index in [1.807, 2.05) is 6.07 Å². The van der Waals surface area contributed by atoms with Crippen molar-refractivity contribution >= 4 is 5.71 Å². The summed E-state index contributed by atoms with van der Waals surface area (Å²) in [5, 5.41) is 0. The maximum Gasteiger partial charge on any atom is 0.161 e. The monoisotopic (exact) mass is 323 g/mol. The van der Waals surface area contributed by atoms with Gasteiger partial charge in [0.2, 0.25) is 0 Å². The number of aliphatic imine (C=N–C) groups is 1. The first-order valence-electron chi connectivity index (χ1n) is 8.66. The van der Waals surface area contributed by atoms with Crippen LogP contribution in [0.15, 0.2) is 47.5 Å². The molecule has 1 unspecified atom stereocenters. The molecule has 3 heteroatoms. The Morgan fingerprint density at radius 1 is 1.12 bits per heavy atom. The van der Waals surface area contributed by atoms with Crippen molar-refractivity contribution in [3.63, 3.8) is 0 Å². The summed E-state index contributed by atoms with van der Waals surface area (Å²) in [4.78, 5) is 4.92. The molecule has 2 aromatic rings. The molecule has 0 fully saturated rings. The Kier molecular flexibility index (Phi) is 5.19. The maximum absolute atomic E-state index is 5.89. The normalized spacial score (nSPS) is 16.3. The molecule has 1 aliphatic heterocycles. The van der Waals surface area contributed by atoms with Crippen molar-refractivity contribution in [2.24, 2.45) is 4.99 Å². The van der Waals surface area contributed by atoms with Crippen LogP contribution in [-0.2, 0) is 12.8 Å². The van der Waals surface area contributed by atoms with E-state index in [-0.39, 0.29) is 0 Å². The number of benzene rings is 2. The Labute approximate surface area is 144 Å². The molecular formula is C21H25NO2. The molecule has 0 saturated carbocycles. The van der Waals surface area contributed by atoms with Gasteiger partial charge in [0.25, 0.3) is 0 Å². The predicted octanol–water partition coefficient (Wildman–Crippen LogP) is 4.46. The van der Waals surface area contributed by atoms with Crippen molar-refractivity contribution < 1.29 is 9.47 Å². The summed E-state index contributed by atoms with van der Waals surface area (Å²) in [6, 6.07) is 15.0. The first-order chi connectivity index (χ1) is 11.7. The molecule has 1 heterocycles.